The monoisotopic (exact) mass is 427 g/mol. The summed E-state index contributed by atoms with van der Waals surface area (Å²) in [5.74, 6) is 0.0176. The van der Waals surface area contributed by atoms with Gasteiger partial charge in [0.15, 0.2) is 9.84 Å². The van der Waals surface area contributed by atoms with Gasteiger partial charge in [-0.25, -0.2) is 8.42 Å². The number of ether oxygens (including phenoxy) is 2. The third-order valence-electron chi connectivity index (χ3n) is 5.87. The molecule has 1 N–H and O–H groups in total. The molecule has 2 aromatic carbocycles. The van der Waals surface area contributed by atoms with Gasteiger partial charge in [-0.2, -0.15) is 0 Å². The number of hydrogen-bond donors (Lipinski definition) is 1. The van der Waals surface area contributed by atoms with E-state index >= 15 is 0 Å². The summed E-state index contributed by atoms with van der Waals surface area (Å²) in [6.45, 7) is 0.418. The topological polar surface area (TPSA) is 81.7 Å². The number of carbonyl (C=O) groups excluding carboxylic acids is 1. The lowest BCUT2D eigenvalue weighted by atomic mass is 9.89. The second kappa shape index (κ2) is 8.62. The lowest BCUT2D eigenvalue weighted by molar-refractivity contribution is -0.147. The van der Waals surface area contributed by atoms with Crippen molar-refractivity contribution in [3.8, 4) is 5.75 Å². The van der Waals surface area contributed by atoms with Crippen LogP contribution in [-0.4, -0.2) is 33.4 Å². The van der Waals surface area contributed by atoms with Crippen molar-refractivity contribution in [2.45, 2.75) is 24.0 Å². The summed E-state index contributed by atoms with van der Waals surface area (Å²) in [6.07, 6.45) is 4.95. The van der Waals surface area contributed by atoms with Crippen molar-refractivity contribution < 1.29 is 22.7 Å². The first-order valence-corrected chi connectivity index (χ1v) is 11.6. The summed E-state index contributed by atoms with van der Waals surface area (Å²) in [5.41, 5.74) is 1.04. The van der Waals surface area contributed by atoms with E-state index in [0.29, 0.717) is 12.4 Å². The molecule has 0 amide bonds. The Morgan fingerprint density at radius 2 is 1.73 bits per heavy atom. The summed E-state index contributed by atoms with van der Waals surface area (Å²) in [5, 5.41) is 3.11. The van der Waals surface area contributed by atoms with E-state index in [1.54, 1.807) is 24.3 Å². The van der Waals surface area contributed by atoms with E-state index < -0.39 is 9.84 Å². The van der Waals surface area contributed by atoms with Gasteiger partial charge >= 0.3 is 5.97 Å². The average Bonchev–Trinajstić information content (AvgIpc) is 3.38. The Morgan fingerprint density at radius 3 is 2.43 bits per heavy atom. The maximum atomic E-state index is 12.8. The van der Waals surface area contributed by atoms with E-state index in [0.717, 1.165) is 12.0 Å². The lowest BCUT2D eigenvalue weighted by Gasteiger charge is -2.26. The van der Waals surface area contributed by atoms with Crippen LogP contribution in [-0.2, 0) is 26.0 Å². The standard InChI is InChI=1S/C23H25NO5S/c1-28-23(25)21-17-7-8-18(13-17)22(21)24-15-30(26,27)20-11-9-19(10-12-20)29-14-16-5-3-2-4-6-16/h2-12,17-18,21-22,24H,13-15H2,1H3. The molecule has 0 spiro atoms. The molecule has 4 rings (SSSR count). The van der Waals surface area contributed by atoms with Crippen LogP contribution in [0, 0.1) is 17.8 Å². The van der Waals surface area contributed by atoms with Crippen molar-refractivity contribution in [3.05, 3.63) is 72.3 Å². The largest absolute Gasteiger partial charge is 0.489 e. The number of benzene rings is 2. The van der Waals surface area contributed by atoms with Crippen LogP contribution in [0.25, 0.3) is 0 Å². The van der Waals surface area contributed by atoms with Crippen molar-refractivity contribution >= 4 is 15.8 Å². The first kappa shape index (κ1) is 20.6. The van der Waals surface area contributed by atoms with Gasteiger partial charge in [-0.1, -0.05) is 42.5 Å². The number of methoxy groups -OCH3 is 1. The quantitative estimate of drug-likeness (QED) is 0.515. The minimum Gasteiger partial charge on any atom is -0.489 e. The van der Waals surface area contributed by atoms with Gasteiger partial charge in [-0.15, -0.1) is 0 Å². The SMILES string of the molecule is COC(=O)C1C2C=CC(C2)C1NCS(=O)(=O)c1ccc(OCc2ccccc2)cc1. The van der Waals surface area contributed by atoms with Crippen molar-refractivity contribution in [2.75, 3.05) is 13.0 Å². The van der Waals surface area contributed by atoms with Crippen LogP contribution in [0.2, 0.25) is 0 Å². The molecule has 0 aliphatic heterocycles. The van der Waals surface area contributed by atoms with E-state index in [4.69, 9.17) is 9.47 Å². The van der Waals surface area contributed by atoms with E-state index in [2.05, 4.69) is 11.4 Å². The Bertz CT molecular complexity index is 1020. The van der Waals surface area contributed by atoms with Crippen LogP contribution in [0.1, 0.15) is 12.0 Å². The van der Waals surface area contributed by atoms with Gasteiger partial charge in [0.25, 0.3) is 0 Å². The van der Waals surface area contributed by atoms with Crippen molar-refractivity contribution in [1.29, 1.82) is 0 Å². The predicted octanol–water partition coefficient (Wildman–Crippen LogP) is 2.95. The first-order valence-electron chi connectivity index (χ1n) is 9.97. The molecule has 30 heavy (non-hydrogen) atoms. The fourth-order valence-electron chi connectivity index (χ4n) is 4.33. The molecule has 158 valence electrons. The van der Waals surface area contributed by atoms with Gasteiger partial charge in [0.05, 0.1) is 17.9 Å². The summed E-state index contributed by atoms with van der Waals surface area (Å²) in [4.78, 5) is 12.4. The second-order valence-corrected chi connectivity index (χ2v) is 9.72. The fourth-order valence-corrected chi connectivity index (χ4v) is 5.46. The van der Waals surface area contributed by atoms with Gasteiger partial charge in [0, 0.05) is 6.04 Å². The number of hydrogen-bond acceptors (Lipinski definition) is 6. The summed E-state index contributed by atoms with van der Waals surface area (Å²) in [6, 6.07) is 16.0. The highest BCUT2D eigenvalue weighted by Crippen LogP contribution is 2.44. The number of sulfone groups is 1. The molecule has 2 aliphatic carbocycles. The van der Waals surface area contributed by atoms with Crippen LogP contribution < -0.4 is 10.1 Å². The molecule has 2 aromatic rings. The minimum atomic E-state index is -3.55. The Kier molecular flexibility index (Phi) is 5.92. The average molecular weight is 428 g/mol. The highest BCUT2D eigenvalue weighted by molar-refractivity contribution is 7.91. The molecular formula is C23H25NO5S. The predicted molar refractivity (Wildman–Crippen MR) is 112 cm³/mol. The van der Waals surface area contributed by atoms with Gasteiger partial charge < -0.3 is 9.47 Å². The van der Waals surface area contributed by atoms with Crippen LogP contribution in [0.15, 0.2) is 71.6 Å². The van der Waals surface area contributed by atoms with Crippen LogP contribution in [0.5, 0.6) is 5.75 Å². The molecular weight excluding hydrogens is 402 g/mol. The maximum absolute atomic E-state index is 12.8. The molecule has 0 aromatic heterocycles. The Labute approximate surface area is 176 Å². The number of fused-ring (bicyclic) bond motifs is 2. The first-order chi connectivity index (χ1) is 14.5. The Hall–Kier alpha value is -2.64. The normalized spacial score (nSPS) is 24.7. The van der Waals surface area contributed by atoms with Crippen LogP contribution in [0.3, 0.4) is 0 Å². The Balaban J connectivity index is 1.37. The van der Waals surface area contributed by atoms with E-state index in [9.17, 15) is 13.2 Å². The molecule has 2 bridgehead atoms. The van der Waals surface area contributed by atoms with Gasteiger partial charge in [-0.05, 0) is 48.1 Å². The Morgan fingerprint density at radius 1 is 1.03 bits per heavy atom. The number of rotatable bonds is 8. The third-order valence-corrected chi connectivity index (χ3v) is 7.41. The molecule has 0 saturated heterocycles. The molecule has 0 heterocycles. The zero-order valence-corrected chi connectivity index (χ0v) is 17.5. The van der Waals surface area contributed by atoms with E-state index in [1.807, 2.05) is 36.4 Å². The molecule has 1 saturated carbocycles. The number of allylic oxidation sites excluding steroid dienone is 1. The number of carbonyl (C=O) groups is 1. The molecule has 0 radical (unpaired) electrons. The van der Waals surface area contributed by atoms with E-state index in [-0.39, 0.29) is 40.5 Å². The molecule has 1 fully saturated rings. The molecule has 4 atom stereocenters. The smallest absolute Gasteiger partial charge is 0.310 e. The van der Waals surface area contributed by atoms with E-state index in [1.165, 1.54) is 7.11 Å². The number of nitrogens with one attached hydrogen (secondary N) is 1. The fraction of sp³-hybridized carbons (Fsp3) is 0.348. The maximum Gasteiger partial charge on any atom is 0.310 e. The van der Waals surface area contributed by atoms with Crippen LogP contribution in [0.4, 0.5) is 0 Å². The van der Waals surface area contributed by atoms with Crippen molar-refractivity contribution in [1.82, 2.24) is 5.32 Å². The zero-order chi connectivity index (χ0) is 21.1. The molecule has 7 heteroatoms. The summed E-state index contributed by atoms with van der Waals surface area (Å²) in [7, 11) is -2.18. The zero-order valence-electron chi connectivity index (χ0n) is 16.7. The van der Waals surface area contributed by atoms with Gasteiger partial charge in [0.2, 0.25) is 0 Å². The highest BCUT2D eigenvalue weighted by atomic mass is 32.2. The number of esters is 1. The summed E-state index contributed by atoms with van der Waals surface area (Å²) < 4.78 is 36.2. The molecule has 4 unspecified atom stereocenters. The van der Waals surface area contributed by atoms with Crippen molar-refractivity contribution in [3.63, 3.8) is 0 Å². The summed E-state index contributed by atoms with van der Waals surface area (Å²) >= 11 is 0. The minimum absolute atomic E-state index is 0.115. The molecule has 6 nitrogen and oxygen atoms in total. The second-order valence-electron chi connectivity index (χ2n) is 7.73. The molecule has 2 aliphatic rings. The third kappa shape index (κ3) is 4.27. The van der Waals surface area contributed by atoms with Crippen molar-refractivity contribution in [2.24, 2.45) is 17.8 Å². The van der Waals surface area contributed by atoms with Gasteiger partial charge in [0.1, 0.15) is 18.2 Å². The van der Waals surface area contributed by atoms with Crippen LogP contribution >= 0.6 is 0 Å². The van der Waals surface area contributed by atoms with Gasteiger partial charge in [-0.3, -0.25) is 10.1 Å². The lowest BCUT2D eigenvalue weighted by Crippen LogP contribution is -2.45. The highest BCUT2D eigenvalue weighted by Gasteiger charge is 2.48.